The first-order valence-corrected chi connectivity index (χ1v) is 10.2. The molecule has 1 N–H and O–H groups in total. The zero-order chi connectivity index (χ0) is 20.9. The van der Waals surface area contributed by atoms with Gasteiger partial charge in [-0.2, -0.15) is 0 Å². The number of amides is 1. The largest absolute Gasteiger partial charge is 0.497 e. The highest BCUT2D eigenvalue weighted by Gasteiger charge is 2.32. The van der Waals surface area contributed by atoms with Crippen molar-refractivity contribution in [1.82, 2.24) is 4.90 Å². The molecule has 5 heteroatoms. The molecule has 2 aromatic rings. The van der Waals surface area contributed by atoms with Gasteiger partial charge < -0.3 is 19.5 Å². The Bertz CT molecular complexity index is 851. The number of likely N-dealkylation sites (tertiary alicyclic amines) is 1. The zero-order valence-corrected chi connectivity index (χ0v) is 17.6. The summed E-state index contributed by atoms with van der Waals surface area (Å²) >= 11 is 0. The van der Waals surface area contributed by atoms with Crippen LogP contribution in [0.1, 0.15) is 36.0 Å². The van der Waals surface area contributed by atoms with Crippen LogP contribution in [0.2, 0.25) is 0 Å². The average molecular weight is 398 g/mol. The molecule has 1 fully saturated rings. The minimum atomic E-state index is -0.913. The van der Waals surface area contributed by atoms with Gasteiger partial charge in [-0.1, -0.05) is 18.2 Å². The van der Waals surface area contributed by atoms with E-state index in [2.05, 4.69) is 6.92 Å². The molecule has 156 valence electrons. The minimum Gasteiger partial charge on any atom is -0.497 e. The second-order valence-electron chi connectivity index (χ2n) is 8.02. The highest BCUT2D eigenvalue weighted by molar-refractivity contribution is 5.79. The minimum absolute atomic E-state index is 0.0811. The van der Waals surface area contributed by atoms with Crippen LogP contribution in [-0.2, 0) is 11.2 Å². The van der Waals surface area contributed by atoms with Gasteiger partial charge in [-0.25, -0.2) is 0 Å². The number of benzene rings is 2. The maximum Gasteiger partial charge on any atom is 0.226 e. The number of rotatable bonds is 6. The summed E-state index contributed by atoms with van der Waals surface area (Å²) in [7, 11) is 1.62. The van der Waals surface area contributed by atoms with Gasteiger partial charge in [0.15, 0.2) is 0 Å². The Morgan fingerprint density at radius 2 is 1.90 bits per heavy atom. The van der Waals surface area contributed by atoms with Crippen molar-refractivity contribution in [3.8, 4) is 11.5 Å². The van der Waals surface area contributed by atoms with E-state index >= 15 is 0 Å². The maximum atomic E-state index is 12.8. The number of carbonyl (C=O) groups is 1. The monoisotopic (exact) mass is 397 g/mol. The van der Waals surface area contributed by atoms with Crippen LogP contribution in [0, 0.1) is 13.8 Å². The van der Waals surface area contributed by atoms with E-state index in [4.69, 9.17) is 9.47 Å². The smallest absolute Gasteiger partial charge is 0.226 e. The van der Waals surface area contributed by atoms with Crippen molar-refractivity contribution in [2.75, 3.05) is 26.8 Å². The van der Waals surface area contributed by atoms with Crippen LogP contribution in [0.15, 0.2) is 42.5 Å². The Kier molecular flexibility index (Phi) is 6.80. The van der Waals surface area contributed by atoms with Crippen LogP contribution in [-0.4, -0.2) is 48.3 Å². The number of nitrogens with zero attached hydrogens (tertiary/aromatic N) is 1. The highest BCUT2D eigenvalue weighted by Crippen LogP contribution is 2.25. The third-order valence-electron chi connectivity index (χ3n) is 5.75. The van der Waals surface area contributed by atoms with Gasteiger partial charge in [0.25, 0.3) is 0 Å². The van der Waals surface area contributed by atoms with Gasteiger partial charge in [0.2, 0.25) is 5.91 Å². The number of ether oxygens (including phenoxy) is 2. The van der Waals surface area contributed by atoms with Crippen molar-refractivity contribution >= 4 is 5.91 Å². The van der Waals surface area contributed by atoms with Crippen LogP contribution in [0.4, 0.5) is 0 Å². The fraction of sp³-hybridized carbons (Fsp3) is 0.458. The molecule has 29 heavy (non-hydrogen) atoms. The highest BCUT2D eigenvalue weighted by atomic mass is 16.5. The van der Waals surface area contributed by atoms with Gasteiger partial charge >= 0.3 is 0 Å². The zero-order valence-electron chi connectivity index (χ0n) is 17.6. The van der Waals surface area contributed by atoms with Crippen LogP contribution in [0.3, 0.4) is 0 Å². The van der Waals surface area contributed by atoms with Crippen molar-refractivity contribution in [2.24, 2.45) is 0 Å². The number of aryl methyl sites for hydroxylation is 2. The molecule has 1 heterocycles. The molecule has 0 aromatic heterocycles. The van der Waals surface area contributed by atoms with E-state index in [1.54, 1.807) is 7.11 Å². The van der Waals surface area contributed by atoms with E-state index in [1.807, 2.05) is 54.3 Å². The molecule has 0 aliphatic carbocycles. The van der Waals surface area contributed by atoms with E-state index in [1.165, 1.54) is 11.1 Å². The SMILES string of the molecule is COc1cccc(CC(=O)N2CCCC(O)(COc3ccc(C)c(C)c3)CC2)c1. The van der Waals surface area contributed by atoms with Gasteiger partial charge in [-0.3, -0.25) is 4.79 Å². The normalized spacial score (nSPS) is 19.5. The van der Waals surface area contributed by atoms with Gasteiger partial charge in [-0.05, 0) is 74.1 Å². The molecular formula is C24H31NO4. The molecule has 1 atom stereocenters. The molecule has 0 spiro atoms. The Labute approximate surface area is 173 Å². The van der Waals surface area contributed by atoms with E-state index in [9.17, 15) is 9.90 Å². The third-order valence-corrected chi connectivity index (χ3v) is 5.75. The lowest BCUT2D eigenvalue weighted by atomic mass is 9.96. The van der Waals surface area contributed by atoms with Crippen molar-refractivity contribution in [2.45, 2.75) is 45.1 Å². The van der Waals surface area contributed by atoms with E-state index in [-0.39, 0.29) is 12.5 Å². The predicted octanol–water partition coefficient (Wildman–Crippen LogP) is 3.68. The Morgan fingerprint density at radius 3 is 2.66 bits per heavy atom. The Hall–Kier alpha value is -2.53. The van der Waals surface area contributed by atoms with Gasteiger partial charge in [0.1, 0.15) is 23.7 Å². The second kappa shape index (κ2) is 9.31. The molecule has 1 amide bonds. The van der Waals surface area contributed by atoms with Crippen molar-refractivity contribution in [3.05, 3.63) is 59.2 Å². The predicted molar refractivity (Wildman–Crippen MR) is 113 cm³/mol. The summed E-state index contributed by atoms with van der Waals surface area (Å²) in [5.41, 5.74) is 2.41. The summed E-state index contributed by atoms with van der Waals surface area (Å²) < 4.78 is 11.1. The lowest BCUT2D eigenvalue weighted by Gasteiger charge is -2.27. The maximum absolute atomic E-state index is 12.8. The second-order valence-corrected chi connectivity index (χ2v) is 8.02. The fourth-order valence-electron chi connectivity index (χ4n) is 3.66. The van der Waals surface area contributed by atoms with Crippen LogP contribution in [0.25, 0.3) is 0 Å². The lowest BCUT2D eigenvalue weighted by molar-refractivity contribution is -0.130. The molecule has 1 aliphatic heterocycles. The lowest BCUT2D eigenvalue weighted by Crippen LogP contribution is -2.38. The quantitative estimate of drug-likeness (QED) is 0.808. The topological polar surface area (TPSA) is 59.0 Å². The summed E-state index contributed by atoms with van der Waals surface area (Å²) in [6.07, 6.45) is 2.24. The van der Waals surface area contributed by atoms with E-state index in [0.717, 1.165) is 23.5 Å². The molecule has 5 nitrogen and oxygen atoms in total. The van der Waals surface area contributed by atoms with Crippen molar-refractivity contribution < 1.29 is 19.4 Å². The molecule has 2 aromatic carbocycles. The van der Waals surface area contributed by atoms with Gasteiger partial charge in [0, 0.05) is 13.1 Å². The first-order chi connectivity index (χ1) is 13.9. The number of methoxy groups -OCH3 is 1. The van der Waals surface area contributed by atoms with Crippen LogP contribution >= 0.6 is 0 Å². The molecule has 0 bridgehead atoms. The number of hydrogen-bond donors (Lipinski definition) is 1. The number of aliphatic hydroxyl groups is 1. The summed E-state index contributed by atoms with van der Waals surface area (Å²) in [6, 6.07) is 13.6. The Balaban J connectivity index is 1.55. The molecule has 0 radical (unpaired) electrons. The van der Waals surface area contributed by atoms with E-state index < -0.39 is 5.60 Å². The van der Waals surface area contributed by atoms with E-state index in [0.29, 0.717) is 32.4 Å². The first-order valence-electron chi connectivity index (χ1n) is 10.2. The molecule has 1 aliphatic rings. The van der Waals surface area contributed by atoms with Crippen LogP contribution in [0.5, 0.6) is 11.5 Å². The average Bonchev–Trinajstić information content (AvgIpc) is 2.91. The first kappa shape index (κ1) is 21.2. The van der Waals surface area contributed by atoms with Gasteiger partial charge in [0.05, 0.1) is 13.5 Å². The Morgan fingerprint density at radius 1 is 1.07 bits per heavy atom. The number of carbonyl (C=O) groups excluding carboxylic acids is 1. The molecule has 3 rings (SSSR count). The van der Waals surface area contributed by atoms with Crippen LogP contribution < -0.4 is 9.47 Å². The molecule has 1 unspecified atom stereocenters. The number of hydrogen-bond acceptors (Lipinski definition) is 4. The molecule has 0 saturated carbocycles. The molecular weight excluding hydrogens is 366 g/mol. The summed E-state index contributed by atoms with van der Waals surface area (Å²) in [5.74, 6) is 1.61. The summed E-state index contributed by atoms with van der Waals surface area (Å²) in [6.45, 7) is 5.56. The van der Waals surface area contributed by atoms with Gasteiger partial charge in [-0.15, -0.1) is 0 Å². The third kappa shape index (κ3) is 5.73. The standard InChI is InChI=1S/C24H31NO4/c1-18-8-9-22(14-19(18)2)29-17-24(27)10-5-12-25(13-11-24)23(26)16-20-6-4-7-21(15-20)28-3/h4,6-9,14-15,27H,5,10-13,16-17H2,1-3H3. The van der Waals surface area contributed by atoms with Crippen molar-refractivity contribution in [3.63, 3.8) is 0 Å². The summed E-state index contributed by atoms with van der Waals surface area (Å²) in [4.78, 5) is 14.6. The fourth-order valence-corrected chi connectivity index (χ4v) is 3.66. The summed E-state index contributed by atoms with van der Waals surface area (Å²) in [5, 5.41) is 11.0. The van der Waals surface area contributed by atoms with Crippen molar-refractivity contribution in [1.29, 1.82) is 0 Å². The molecule has 1 saturated heterocycles.